The molecule has 3 rings (SSSR count). The van der Waals surface area contributed by atoms with Gasteiger partial charge in [0.1, 0.15) is 0 Å². The second-order valence-electron chi connectivity index (χ2n) is 5.88. The molecule has 0 aliphatic heterocycles. The molecule has 0 radical (unpaired) electrons. The maximum Gasteiger partial charge on any atom is 0.244 e. The summed E-state index contributed by atoms with van der Waals surface area (Å²) < 4.78 is 0. The fourth-order valence-corrected chi connectivity index (χ4v) is 2.55. The molecule has 0 bridgehead atoms. The average molecular weight is 312 g/mol. The quantitative estimate of drug-likeness (QED) is 0.817. The molecular weight excluding hydrogens is 288 g/mol. The summed E-state index contributed by atoms with van der Waals surface area (Å²) in [5.74, 6) is 1.30. The number of hydrogen-bond donors (Lipinski definition) is 2. The second-order valence-corrected chi connectivity index (χ2v) is 5.88. The number of nitrogens with one attached hydrogen (secondary N) is 2. The zero-order valence-corrected chi connectivity index (χ0v) is 14.0. The van der Waals surface area contributed by atoms with E-state index in [1.165, 1.54) is 24.1 Å². The average Bonchev–Trinajstić information content (AvgIpc) is 3.35. The van der Waals surface area contributed by atoms with Gasteiger partial charge in [-0.05, 0) is 57.4 Å². The lowest BCUT2D eigenvalue weighted by atomic mass is 10.1. The summed E-state index contributed by atoms with van der Waals surface area (Å²) in [7, 11) is 0. The van der Waals surface area contributed by atoms with Crippen molar-refractivity contribution < 1.29 is 0 Å². The predicted molar refractivity (Wildman–Crippen MR) is 94.5 cm³/mol. The van der Waals surface area contributed by atoms with Crippen LogP contribution in [0.15, 0.2) is 24.4 Å². The molecule has 2 N–H and O–H groups in total. The number of aryl methyl sites for hydroxylation is 1. The molecule has 0 amide bonds. The highest BCUT2D eigenvalue weighted by Crippen LogP contribution is 2.26. The fourth-order valence-electron chi connectivity index (χ4n) is 2.55. The Balaban J connectivity index is 1.74. The second kappa shape index (κ2) is 6.81. The number of anilines is 4. The Bertz CT molecular complexity index is 664. The van der Waals surface area contributed by atoms with Crippen molar-refractivity contribution in [3.8, 4) is 0 Å². The van der Waals surface area contributed by atoms with Crippen LogP contribution in [0.4, 0.5) is 23.1 Å². The molecule has 6 nitrogen and oxygen atoms in total. The van der Waals surface area contributed by atoms with Crippen LogP contribution in [0.1, 0.15) is 32.3 Å². The molecule has 0 spiro atoms. The molecule has 122 valence electrons. The van der Waals surface area contributed by atoms with Gasteiger partial charge in [0.2, 0.25) is 5.95 Å². The molecule has 1 aromatic carbocycles. The van der Waals surface area contributed by atoms with Crippen molar-refractivity contribution in [3.63, 3.8) is 0 Å². The van der Waals surface area contributed by atoms with Gasteiger partial charge < -0.3 is 15.5 Å². The summed E-state index contributed by atoms with van der Waals surface area (Å²) in [6, 6.07) is 6.95. The summed E-state index contributed by atoms with van der Waals surface area (Å²) in [5, 5.41) is 14.6. The topological polar surface area (TPSA) is 66.0 Å². The molecule has 1 aliphatic rings. The van der Waals surface area contributed by atoms with Crippen molar-refractivity contribution in [1.29, 1.82) is 0 Å². The van der Waals surface area contributed by atoms with Crippen molar-refractivity contribution in [2.24, 2.45) is 0 Å². The van der Waals surface area contributed by atoms with Crippen LogP contribution < -0.4 is 15.5 Å². The van der Waals surface area contributed by atoms with E-state index in [1.54, 1.807) is 6.20 Å². The largest absolute Gasteiger partial charge is 0.372 e. The maximum absolute atomic E-state index is 4.47. The van der Waals surface area contributed by atoms with Gasteiger partial charge in [-0.25, -0.2) is 0 Å². The van der Waals surface area contributed by atoms with Crippen molar-refractivity contribution >= 4 is 23.1 Å². The number of hydrogen-bond acceptors (Lipinski definition) is 6. The minimum Gasteiger partial charge on any atom is -0.372 e. The van der Waals surface area contributed by atoms with E-state index < -0.39 is 0 Å². The van der Waals surface area contributed by atoms with Gasteiger partial charge in [0.15, 0.2) is 5.82 Å². The van der Waals surface area contributed by atoms with Crippen molar-refractivity contribution in [2.45, 2.75) is 39.7 Å². The van der Waals surface area contributed by atoms with Gasteiger partial charge in [0.25, 0.3) is 0 Å². The van der Waals surface area contributed by atoms with Crippen LogP contribution in [0.5, 0.6) is 0 Å². The van der Waals surface area contributed by atoms with Crippen LogP contribution in [0.2, 0.25) is 0 Å². The molecule has 1 heterocycles. The number of benzene rings is 1. The third kappa shape index (κ3) is 3.88. The molecule has 1 aliphatic carbocycles. The summed E-state index contributed by atoms with van der Waals surface area (Å²) >= 11 is 0. The Morgan fingerprint density at radius 3 is 2.65 bits per heavy atom. The van der Waals surface area contributed by atoms with Gasteiger partial charge >= 0.3 is 0 Å². The molecule has 6 heteroatoms. The van der Waals surface area contributed by atoms with E-state index in [4.69, 9.17) is 0 Å². The van der Waals surface area contributed by atoms with E-state index in [2.05, 4.69) is 69.7 Å². The summed E-state index contributed by atoms with van der Waals surface area (Å²) in [4.78, 5) is 6.81. The normalized spacial score (nSPS) is 13.7. The predicted octanol–water partition coefficient (Wildman–Crippen LogP) is 3.34. The standard InChI is InChI=1S/C17H24N6/c1-4-23(5-2)14-8-9-15(12(3)10-14)20-16-11-18-22-17(21-16)19-13-6-7-13/h8-11,13H,4-7H2,1-3H3,(H2,19,20,21,22). The van der Waals surface area contributed by atoms with E-state index >= 15 is 0 Å². The monoisotopic (exact) mass is 312 g/mol. The SMILES string of the molecule is CCN(CC)c1ccc(Nc2cnnc(NC3CC3)n2)c(C)c1. The Kier molecular flexibility index (Phi) is 4.60. The summed E-state index contributed by atoms with van der Waals surface area (Å²) in [5.41, 5.74) is 3.47. The van der Waals surface area contributed by atoms with E-state index in [-0.39, 0.29) is 0 Å². The van der Waals surface area contributed by atoms with Gasteiger partial charge in [0.05, 0.1) is 6.20 Å². The van der Waals surface area contributed by atoms with E-state index in [0.29, 0.717) is 17.8 Å². The van der Waals surface area contributed by atoms with Crippen LogP contribution in [0.25, 0.3) is 0 Å². The first-order chi connectivity index (χ1) is 11.2. The van der Waals surface area contributed by atoms with E-state index in [9.17, 15) is 0 Å². The van der Waals surface area contributed by atoms with Gasteiger partial charge in [-0.1, -0.05) is 0 Å². The number of rotatable bonds is 7. The molecular formula is C17H24N6. The molecule has 23 heavy (non-hydrogen) atoms. The zero-order chi connectivity index (χ0) is 16.2. The fraction of sp³-hybridized carbons (Fsp3) is 0.471. The first kappa shape index (κ1) is 15.5. The minimum atomic E-state index is 0.516. The Morgan fingerprint density at radius 2 is 2.00 bits per heavy atom. The lowest BCUT2D eigenvalue weighted by molar-refractivity contribution is 0.866. The third-order valence-corrected chi connectivity index (χ3v) is 4.07. The lowest BCUT2D eigenvalue weighted by Crippen LogP contribution is -2.21. The van der Waals surface area contributed by atoms with Crippen LogP contribution in [0, 0.1) is 6.92 Å². The smallest absolute Gasteiger partial charge is 0.244 e. The first-order valence-electron chi connectivity index (χ1n) is 8.28. The van der Waals surface area contributed by atoms with E-state index in [0.717, 1.165) is 18.8 Å². The van der Waals surface area contributed by atoms with Crippen molar-refractivity contribution in [3.05, 3.63) is 30.0 Å². The van der Waals surface area contributed by atoms with Gasteiger partial charge in [-0.15, -0.1) is 5.10 Å². The highest BCUT2D eigenvalue weighted by Gasteiger charge is 2.22. The molecule has 1 saturated carbocycles. The van der Waals surface area contributed by atoms with E-state index in [1.807, 2.05) is 0 Å². The molecule has 2 aromatic rings. The lowest BCUT2D eigenvalue weighted by Gasteiger charge is -2.22. The highest BCUT2D eigenvalue weighted by molar-refractivity contribution is 5.65. The van der Waals surface area contributed by atoms with Crippen LogP contribution >= 0.6 is 0 Å². The Hall–Kier alpha value is -2.37. The minimum absolute atomic E-state index is 0.516. The van der Waals surface area contributed by atoms with Crippen LogP contribution in [-0.4, -0.2) is 34.3 Å². The summed E-state index contributed by atoms with van der Waals surface area (Å²) in [6.45, 7) is 8.47. The molecule has 1 aromatic heterocycles. The van der Waals surface area contributed by atoms with Crippen molar-refractivity contribution in [2.75, 3.05) is 28.6 Å². The molecule has 0 saturated heterocycles. The summed E-state index contributed by atoms with van der Waals surface area (Å²) in [6.07, 6.45) is 4.02. The first-order valence-corrected chi connectivity index (χ1v) is 8.28. The van der Waals surface area contributed by atoms with Gasteiger partial charge in [-0.3, -0.25) is 0 Å². The van der Waals surface area contributed by atoms with Crippen LogP contribution in [-0.2, 0) is 0 Å². The highest BCUT2D eigenvalue weighted by atomic mass is 15.3. The van der Waals surface area contributed by atoms with Gasteiger partial charge in [-0.2, -0.15) is 10.1 Å². The van der Waals surface area contributed by atoms with Crippen molar-refractivity contribution in [1.82, 2.24) is 15.2 Å². The molecule has 1 fully saturated rings. The number of aromatic nitrogens is 3. The molecule has 0 unspecified atom stereocenters. The Labute approximate surface area is 137 Å². The third-order valence-electron chi connectivity index (χ3n) is 4.07. The van der Waals surface area contributed by atoms with Crippen LogP contribution in [0.3, 0.4) is 0 Å². The zero-order valence-electron chi connectivity index (χ0n) is 14.0. The Morgan fingerprint density at radius 1 is 1.22 bits per heavy atom. The van der Waals surface area contributed by atoms with Gasteiger partial charge in [0, 0.05) is 30.5 Å². The maximum atomic E-state index is 4.47. The number of nitrogens with zero attached hydrogens (tertiary/aromatic N) is 4. The molecule has 0 atom stereocenters.